The molecule has 0 bridgehead atoms. The van der Waals surface area contributed by atoms with Gasteiger partial charge in [0.25, 0.3) is 10.0 Å². The second-order valence-corrected chi connectivity index (χ2v) is 6.46. The van der Waals surface area contributed by atoms with Crippen LogP contribution in [0.15, 0.2) is 65.6 Å². The minimum Gasteiger partial charge on any atom is -0.506 e. The third-order valence-electron chi connectivity index (χ3n) is 3.23. The van der Waals surface area contributed by atoms with Gasteiger partial charge in [-0.05, 0) is 35.0 Å². The first-order valence-electron chi connectivity index (χ1n) is 6.46. The molecule has 0 saturated carbocycles. The van der Waals surface area contributed by atoms with E-state index in [1.807, 2.05) is 18.2 Å². The van der Waals surface area contributed by atoms with Gasteiger partial charge in [-0.25, -0.2) is 12.8 Å². The Balaban J connectivity index is 2.02. The maximum Gasteiger partial charge on any atom is 0.262 e. The number of aromatic hydroxyl groups is 1. The monoisotopic (exact) mass is 317 g/mol. The molecule has 4 nitrogen and oxygen atoms in total. The molecule has 6 heteroatoms. The van der Waals surface area contributed by atoms with Crippen molar-refractivity contribution in [3.63, 3.8) is 0 Å². The Bertz CT molecular complexity index is 955. The first kappa shape index (κ1) is 14.3. The van der Waals surface area contributed by atoms with Crippen molar-refractivity contribution in [2.45, 2.75) is 4.90 Å². The van der Waals surface area contributed by atoms with E-state index in [4.69, 9.17) is 0 Å². The summed E-state index contributed by atoms with van der Waals surface area (Å²) in [5.41, 5.74) is -0.201. The lowest BCUT2D eigenvalue weighted by Crippen LogP contribution is -2.13. The Hall–Kier alpha value is -2.60. The van der Waals surface area contributed by atoms with E-state index >= 15 is 0 Å². The van der Waals surface area contributed by atoms with Crippen LogP contribution in [-0.2, 0) is 10.0 Å². The summed E-state index contributed by atoms with van der Waals surface area (Å²) in [6, 6.07) is 15.1. The van der Waals surface area contributed by atoms with E-state index in [9.17, 15) is 17.9 Å². The SMILES string of the molecule is O=S(=O)(Nc1cc(F)ccc1O)c1ccc2ccccc2c1. The van der Waals surface area contributed by atoms with Gasteiger partial charge in [0.1, 0.15) is 11.6 Å². The normalized spacial score (nSPS) is 11.5. The fraction of sp³-hybridized carbons (Fsp3) is 0. The molecule has 0 atom stereocenters. The number of rotatable bonds is 3. The molecule has 0 aliphatic heterocycles. The molecule has 0 spiro atoms. The number of nitrogens with one attached hydrogen (secondary N) is 1. The fourth-order valence-electron chi connectivity index (χ4n) is 2.13. The van der Waals surface area contributed by atoms with Gasteiger partial charge in [0.15, 0.2) is 0 Å². The van der Waals surface area contributed by atoms with Crippen molar-refractivity contribution in [1.82, 2.24) is 0 Å². The van der Waals surface area contributed by atoms with E-state index in [1.165, 1.54) is 12.1 Å². The molecular weight excluding hydrogens is 305 g/mol. The van der Waals surface area contributed by atoms with Gasteiger partial charge in [-0.2, -0.15) is 0 Å². The largest absolute Gasteiger partial charge is 0.506 e. The lowest BCUT2D eigenvalue weighted by molar-refractivity contribution is 0.475. The smallest absolute Gasteiger partial charge is 0.262 e. The second-order valence-electron chi connectivity index (χ2n) is 4.78. The highest BCUT2D eigenvalue weighted by molar-refractivity contribution is 7.92. The maximum absolute atomic E-state index is 13.2. The number of anilines is 1. The Labute approximate surface area is 126 Å². The van der Waals surface area contributed by atoms with Gasteiger partial charge < -0.3 is 5.11 Å². The number of hydrogen-bond donors (Lipinski definition) is 2. The molecule has 0 radical (unpaired) electrons. The first-order valence-corrected chi connectivity index (χ1v) is 7.94. The highest BCUT2D eigenvalue weighted by Gasteiger charge is 2.17. The molecule has 0 aliphatic carbocycles. The van der Waals surface area contributed by atoms with Crippen LogP contribution in [0.1, 0.15) is 0 Å². The Morgan fingerprint density at radius 2 is 1.64 bits per heavy atom. The van der Waals surface area contributed by atoms with Crippen LogP contribution in [-0.4, -0.2) is 13.5 Å². The summed E-state index contributed by atoms with van der Waals surface area (Å²) in [5.74, 6) is -0.986. The summed E-state index contributed by atoms with van der Waals surface area (Å²) in [7, 11) is -3.92. The predicted octanol–water partition coefficient (Wildman–Crippen LogP) is 3.49. The van der Waals surface area contributed by atoms with Gasteiger partial charge in [-0.1, -0.05) is 30.3 Å². The standard InChI is InChI=1S/C16H12FNO3S/c17-13-6-8-16(19)15(10-13)18-22(20,21)14-7-5-11-3-1-2-4-12(11)9-14/h1-10,18-19H. The topological polar surface area (TPSA) is 66.4 Å². The fourth-order valence-corrected chi connectivity index (χ4v) is 3.23. The van der Waals surface area contributed by atoms with E-state index in [2.05, 4.69) is 4.72 Å². The number of halogens is 1. The quantitative estimate of drug-likeness (QED) is 0.727. The summed E-state index contributed by atoms with van der Waals surface area (Å²) in [4.78, 5) is 0.0369. The average molecular weight is 317 g/mol. The van der Waals surface area contributed by atoms with Crippen molar-refractivity contribution in [3.05, 3.63) is 66.5 Å². The molecule has 0 aromatic heterocycles. The van der Waals surface area contributed by atoms with E-state index in [0.29, 0.717) is 0 Å². The molecule has 3 aromatic rings. The summed E-state index contributed by atoms with van der Waals surface area (Å²) in [5, 5.41) is 11.3. The Morgan fingerprint density at radius 1 is 0.909 bits per heavy atom. The molecule has 3 rings (SSSR count). The summed E-state index contributed by atoms with van der Waals surface area (Å²) in [6.45, 7) is 0. The molecule has 0 aliphatic rings. The number of sulfonamides is 1. The highest BCUT2D eigenvalue weighted by atomic mass is 32.2. The molecule has 2 N–H and O–H groups in total. The molecular formula is C16H12FNO3S. The first-order chi connectivity index (χ1) is 10.5. The Morgan fingerprint density at radius 3 is 2.41 bits per heavy atom. The lowest BCUT2D eigenvalue weighted by Gasteiger charge is -2.10. The summed E-state index contributed by atoms with van der Waals surface area (Å²) < 4.78 is 40.1. The van der Waals surface area contributed by atoms with Crippen LogP contribution in [0.25, 0.3) is 10.8 Å². The molecule has 0 saturated heterocycles. The van der Waals surface area contributed by atoms with Crippen molar-refractivity contribution in [3.8, 4) is 5.75 Å². The van der Waals surface area contributed by atoms with Crippen molar-refractivity contribution < 1.29 is 17.9 Å². The third-order valence-corrected chi connectivity index (χ3v) is 4.60. The van der Waals surface area contributed by atoms with Crippen LogP contribution in [0.5, 0.6) is 5.75 Å². The second kappa shape index (κ2) is 5.31. The van der Waals surface area contributed by atoms with Crippen LogP contribution in [0.3, 0.4) is 0 Å². The van der Waals surface area contributed by atoms with Crippen LogP contribution in [0.2, 0.25) is 0 Å². The van der Waals surface area contributed by atoms with Crippen LogP contribution >= 0.6 is 0 Å². The predicted molar refractivity (Wildman–Crippen MR) is 82.8 cm³/mol. The lowest BCUT2D eigenvalue weighted by atomic mass is 10.1. The zero-order valence-corrected chi connectivity index (χ0v) is 12.1. The van der Waals surface area contributed by atoms with Gasteiger partial charge in [0.05, 0.1) is 10.6 Å². The molecule has 0 fully saturated rings. The van der Waals surface area contributed by atoms with E-state index in [-0.39, 0.29) is 16.3 Å². The summed E-state index contributed by atoms with van der Waals surface area (Å²) in [6.07, 6.45) is 0. The van der Waals surface area contributed by atoms with Crippen LogP contribution < -0.4 is 4.72 Å². The number of phenols is 1. The van der Waals surface area contributed by atoms with E-state index in [1.54, 1.807) is 12.1 Å². The molecule has 3 aromatic carbocycles. The van der Waals surface area contributed by atoms with Gasteiger partial charge in [-0.3, -0.25) is 4.72 Å². The van der Waals surface area contributed by atoms with Gasteiger partial charge >= 0.3 is 0 Å². The molecule has 112 valence electrons. The minimum atomic E-state index is -3.92. The van der Waals surface area contributed by atoms with E-state index < -0.39 is 15.8 Å². The van der Waals surface area contributed by atoms with Crippen LogP contribution in [0.4, 0.5) is 10.1 Å². The number of hydrogen-bond acceptors (Lipinski definition) is 3. The number of benzene rings is 3. The van der Waals surface area contributed by atoms with Gasteiger partial charge in [0, 0.05) is 6.07 Å². The highest BCUT2D eigenvalue weighted by Crippen LogP contribution is 2.27. The van der Waals surface area contributed by atoms with E-state index in [0.717, 1.165) is 29.0 Å². The minimum absolute atomic E-state index is 0.0369. The van der Waals surface area contributed by atoms with Crippen molar-refractivity contribution in [2.75, 3.05) is 4.72 Å². The molecule has 0 heterocycles. The van der Waals surface area contributed by atoms with Gasteiger partial charge in [-0.15, -0.1) is 0 Å². The molecule has 22 heavy (non-hydrogen) atoms. The Kier molecular flexibility index (Phi) is 3.46. The molecule has 0 unspecified atom stereocenters. The zero-order chi connectivity index (χ0) is 15.7. The van der Waals surface area contributed by atoms with Gasteiger partial charge in [0.2, 0.25) is 0 Å². The zero-order valence-electron chi connectivity index (χ0n) is 11.3. The number of phenolic OH excluding ortho intramolecular Hbond substituents is 1. The van der Waals surface area contributed by atoms with Crippen molar-refractivity contribution in [1.29, 1.82) is 0 Å². The average Bonchev–Trinajstić information content (AvgIpc) is 2.50. The summed E-state index contributed by atoms with van der Waals surface area (Å²) >= 11 is 0. The van der Waals surface area contributed by atoms with Crippen LogP contribution in [0, 0.1) is 5.82 Å². The number of fused-ring (bicyclic) bond motifs is 1. The van der Waals surface area contributed by atoms with Crippen molar-refractivity contribution in [2.24, 2.45) is 0 Å². The maximum atomic E-state index is 13.2. The van der Waals surface area contributed by atoms with Crippen molar-refractivity contribution >= 4 is 26.5 Å². The molecule has 0 amide bonds. The third kappa shape index (κ3) is 2.73.